The van der Waals surface area contributed by atoms with E-state index in [4.69, 9.17) is 4.52 Å². The highest BCUT2D eigenvalue weighted by molar-refractivity contribution is 7.34. The van der Waals surface area contributed by atoms with Crippen molar-refractivity contribution in [2.24, 2.45) is 0 Å². The highest BCUT2D eigenvalue weighted by Crippen LogP contribution is 2.24. The average Bonchev–Trinajstić information content (AvgIpc) is 2.45. The van der Waals surface area contributed by atoms with Crippen LogP contribution in [0.3, 0.4) is 0 Å². The van der Waals surface area contributed by atoms with Crippen molar-refractivity contribution in [2.75, 3.05) is 6.61 Å². The third kappa shape index (κ3) is 15.9. The molecule has 1 unspecified atom stereocenters. The normalized spacial score (nSPS) is 12.3. The van der Waals surface area contributed by atoms with Gasteiger partial charge in [-0.2, -0.15) is 0 Å². The van der Waals surface area contributed by atoms with Crippen molar-refractivity contribution in [1.29, 1.82) is 0 Å². The number of hydrogen-bond donors (Lipinski definition) is 0. The molecule has 0 rings (SSSR count). The van der Waals surface area contributed by atoms with E-state index in [0.717, 1.165) is 12.8 Å². The first-order valence-electron chi connectivity index (χ1n) is 8.58. The summed E-state index contributed by atoms with van der Waals surface area (Å²) >= 11 is 0. The first-order valence-corrected chi connectivity index (χ1v) is 9.80. The third-order valence-electron chi connectivity index (χ3n) is 3.44. The highest BCUT2D eigenvalue weighted by Gasteiger charge is 2.07. The maximum Gasteiger partial charge on any atom is 0.369 e. The Morgan fingerprint density at radius 3 is 1.76 bits per heavy atom. The highest BCUT2D eigenvalue weighted by atomic mass is 31.1. The predicted molar refractivity (Wildman–Crippen MR) is 87.8 cm³/mol. The lowest BCUT2D eigenvalue weighted by Crippen LogP contribution is -1.99. The van der Waals surface area contributed by atoms with Gasteiger partial charge >= 0.3 is 14.2 Å². The Morgan fingerprint density at radius 1 is 0.810 bits per heavy atom. The van der Waals surface area contributed by atoms with E-state index < -0.39 is 14.2 Å². The SMILES string of the molecule is CCCCCCCCCCCCCC(=O)O[PH](=O)OCC. The standard InChI is InChI=1S/C16H33O4P/c1-3-5-6-7-8-9-10-11-12-13-14-15-16(17)20-21(18)19-4-2/h21H,3-15H2,1-2H3. The first-order chi connectivity index (χ1) is 10.2. The minimum Gasteiger partial charge on any atom is -0.394 e. The van der Waals surface area contributed by atoms with Gasteiger partial charge < -0.3 is 9.05 Å². The lowest BCUT2D eigenvalue weighted by molar-refractivity contribution is -0.134. The molecular formula is C16H33O4P. The molecule has 21 heavy (non-hydrogen) atoms. The molecule has 5 heteroatoms. The lowest BCUT2D eigenvalue weighted by Gasteiger charge is -2.04. The maximum absolute atomic E-state index is 11.3. The summed E-state index contributed by atoms with van der Waals surface area (Å²) in [7, 11) is -2.60. The Bertz CT molecular complexity index is 269. The molecule has 0 aromatic carbocycles. The van der Waals surface area contributed by atoms with Crippen molar-refractivity contribution in [2.45, 2.75) is 90.9 Å². The number of rotatable bonds is 15. The van der Waals surface area contributed by atoms with Crippen LogP contribution in [0.4, 0.5) is 0 Å². The van der Waals surface area contributed by atoms with Crippen LogP contribution in [0.1, 0.15) is 90.9 Å². The Morgan fingerprint density at radius 2 is 1.29 bits per heavy atom. The van der Waals surface area contributed by atoms with Crippen molar-refractivity contribution < 1.29 is 18.4 Å². The second-order valence-corrected chi connectivity index (χ2v) is 6.44. The van der Waals surface area contributed by atoms with Gasteiger partial charge in [-0.1, -0.05) is 71.1 Å². The maximum atomic E-state index is 11.3. The van der Waals surface area contributed by atoms with E-state index in [0.29, 0.717) is 13.0 Å². The molecular weight excluding hydrogens is 287 g/mol. The molecule has 0 saturated carbocycles. The molecule has 0 saturated heterocycles. The number of carbonyl (C=O) groups is 1. The van der Waals surface area contributed by atoms with Crippen LogP contribution in [0.5, 0.6) is 0 Å². The van der Waals surface area contributed by atoms with Crippen LogP contribution in [0.25, 0.3) is 0 Å². The van der Waals surface area contributed by atoms with Crippen molar-refractivity contribution in [3.63, 3.8) is 0 Å². The fraction of sp³-hybridized carbons (Fsp3) is 0.938. The van der Waals surface area contributed by atoms with Crippen LogP contribution in [-0.4, -0.2) is 12.6 Å². The van der Waals surface area contributed by atoms with Gasteiger partial charge in [-0.05, 0) is 13.3 Å². The number of unbranched alkanes of at least 4 members (excludes halogenated alkanes) is 10. The molecule has 126 valence electrons. The summed E-state index contributed by atoms with van der Waals surface area (Å²) in [5, 5.41) is 0. The van der Waals surface area contributed by atoms with Crippen molar-refractivity contribution >= 4 is 14.2 Å². The second-order valence-electron chi connectivity index (χ2n) is 5.44. The van der Waals surface area contributed by atoms with E-state index in [9.17, 15) is 9.36 Å². The zero-order chi connectivity index (χ0) is 15.8. The smallest absolute Gasteiger partial charge is 0.369 e. The Balaban J connectivity index is 3.21. The van der Waals surface area contributed by atoms with Gasteiger partial charge in [-0.15, -0.1) is 0 Å². The van der Waals surface area contributed by atoms with Gasteiger partial charge in [0.2, 0.25) is 0 Å². The molecule has 0 N–H and O–H groups in total. The minimum absolute atomic E-state index is 0.309. The van der Waals surface area contributed by atoms with Crippen LogP contribution in [-0.2, 0) is 18.4 Å². The van der Waals surface area contributed by atoms with E-state index in [-0.39, 0.29) is 0 Å². The van der Waals surface area contributed by atoms with E-state index >= 15 is 0 Å². The summed E-state index contributed by atoms with van der Waals surface area (Å²) in [6, 6.07) is 0. The number of hydrogen-bond acceptors (Lipinski definition) is 4. The molecule has 0 aliphatic carbocycles. The summed E-state index contributed by atoms with van der Waals surface area (Å²) in [6.45, 7) is 4.27. The number of carbonyl (C=O) groups excluding carboxylic acids is 1. The molecule has 0 heterocycles. The topological polar surface area (TPSA) is 52.6 Å². The van der Waals surface area contributed by atoms with Gasteiger partial charge in [0.05, 0.1) is 6.61 Å². The Kier molecular flexibility index (Phi) is 15.8. The Labute approximate surface area is 130 Å². The summed E-state index contributed by atoms with van der Waals surface area (Å²) in [6.07, 6.45) is 14.0. The molecule has 0 fully saturated rings. The third-order valence-corrected chi connectivity index (χ3v) is 4.36. The zero-order valence-electron chi connectivity index (χ0n) is 13.8. The fourth-order valence-corrected chi connectivity index (χ4v) is 2.81. The van der Waals surface area contributed by atoms with Crippen LogP contribution < -0.4 is 0 Å². The van der Waals surface area contributed by atoms with Gasteiger partial charge in [0.25, 0.3) is 0 Å². The summed E-state index contributed by atoms with van der Waals surface area (Å²) in [5.41, 5.74) is 0. The van der Waals surface area contributed by atoms with E-state index in [1.165, 1.54) is 57.8 Å². The van der Waals surface area contributed by atoms with Crippen LogP contribution in [0, 0.1) is 0 Å². The molecule has 0 aromatic heterocycles. The van der Waals surface area contributed by atoms with Gasteiger partial charge in [-0.25, -0.2) is 4.57 Å². The minimum atomic E-state index is -2.60. The monoisotopic (exact) mass is 320 g/mol. The summed E-state index contributed by atoms with van der Waals surface area (Å²) < 4.78 is 20.5. The summed E-state index contributed by atoms with van der Waals surface area (Å²) in [5.74, 6) is -0.400. The molecule has 0 aliphatic rings. The van der Waals surface area contributed by atoms with E-state index in [1.807, 2.05) is 0 Å². The second kappa shape index (κ2) is 16.0. The van der Waals surface area contributed by atoms with Crippen molar-refractivity contribution in [3.05, 3.63) is 0 Å². The molecule has 4 nitrogen and oxygen atoms in total. The zero-order valence-corrected chi connectivity index (χ0v) is 14.8. The van der Waals surface area contributed by atoms with Gasteiger partial charge in [-0.3, -0.25) is 4.79 Å². The van der Waals surface area contributed by atoms with Crippen LogP contribution >= 0.6 is 8.25 Å². The first kappa shape index (κ1) is 20.7. The predicted octanol–water partition coefficient (Wildman–Crippen LogP) is 5.66. The van der Waals surface area contributed by atoms with Gasteiger partial charge in [0, 0.05) is 6.42 Å². The molecule has 0 radical (unpaired) electrons. The molecule has 0 spiro atoms. The molecule has 1 atom stereocenters. The molecule has 0 aliphatic heterocycles. The van der Waals surface area contributed by atoms with E-state index in [2.05, 4.69) is 11.4 Å². The quantitative estimate of drug-likeness (QED) is 0.289. The lowest BCUT2D eigenvalue weighted by atomic mass is 10.1. The molecule has 0 aromatic rings. The Hall–Kier alpha value is -0.340. The van der Waals surface area contributed by atoms with E-state index in [1.54, 1.807) is 6.92 Å². The van der Waals surface area contributed by atoms with Gasteiger partial charge in [0.1, 0.15) is 0 Å². The largest absolute Gasteiger partial charge is 0.394 e. The van der Waals surface area contributed by atoms with Crippen LogP contribution in [0.2, 0.25) is 0 Å². The molecule has 0 bridgehead atoms. The average molecular weight is 320 g/mol. The molecule has 0 amide bonds. The van der Waals surface area contributed by atoms with Gasteiger partial charge in [0.15, 0.2) is 0 Å². The van der Waals surface area contributed by atoms with Crippen molar-refractivity contribution in [1.82, 2.24) is 0 Å². The fourth-order valence-electron chi connectivity index (χ4n) is 2.22. The van der Waals surface area contributed by atoms with Crippen molar-refractivity contribution in [3.8, 4) is 0 Å². The van der Waals surface area contributed by atoms with Crippen LogP contribution in [0.15, 0.2) is 0 Å². The summed E-state index contributed by atoms with van der Waals surface area (Å²) in [4.78, 5) is 11.3.